The highest BCUT2D eigenvalue weighted by molar-refractivity contribution is 14.0. The largest absolute Gasteiger partial charge is 0.416 e. The van der Waals surface area contributed by atoms with Crippen molar-refractivity contribution in [2.45, 2.75) is 52.9 Å². The van der Waals surface area contributed by atoms with Crippen molar-refractivity contribution < 1.29 is 13.2 Å². The standard InChI is InChI=1S/C18H24F3N5.HI/c1-5-11(2)24-17(22)23-10-14-6-7-15(9-16(14)18(19,20)21)26-13(4)8-12(3)25-26;/h6-9,11H,5,10H2,1-4H3,(H3,22,23,24);1H. The van der Waals surface area contributed by atoms with Crippen molar-refractivity contribution in [2.24, 2.45) is 10.7 Å². The normalized spacial score (nSPS) is 13.2. The van der Waals surface area contributed by atoms with E-state index in [0.717, 1.165) is 23.9 Å². The van der Waals surface area contributed by atoms with Gasteiger partial charge in [0.15, 0.2) is 5.96 Å². The first-order valence-electron chi connectivity index (χ1n) is 8.42. The topological polar surface area (TPSA) is 68.2 Å². The monoisotopic (exact) mass is 495 g/mol. The summed E-state index contributed by atoms with van der Waals surface area (Å²) in [4.78, 5) is 4.04. The Morgan fingerprint density at radius 1 is 1.30 bits per heavy atom. The number of alkyl halides is 3. The van der Waals surface area contributed by atoms with Crippen LogP contribution in [-0.2, 0) is 12.7 Å². The number of hydrogen-bond acceptors (Lipinski definition) is 2. The van der Waals surface area contributed by atoms with Crippen LogP contribution in [0.25, 0.3) is 5.69 Å². The van der Waals surface area contributed by atoms with Crippen LogP contribution in [0.4, 0.5) is 13.2 Å². The van der Waals surface area contributed by atoms with Gasteiger partial charge in [-0.2, -0.15) is 18.3 Å². The predicted octanol–water partition coefficient (Wildman–Crippen LogP) is 4.33. The molecule has 0 radical (unpaired) electrons. The molecule has 2 rings (SSSR count). The molecule has 9 heteroatoms. The highest BCUT2D eigenvalue weighted by Crippen LogP contribution is 2.34. The van der Waals surface area contributed by atoms with Crippen LogP contribution in [0.15, 0.2) is 29.3 Å². The molecule has 0 spiro atoms. The second kappa shape index (κ2) is 9.43. The first-order valence-corrected chi connectivity index (χ1v) is 8.42. The molecule has 0 saturated heterocycles. The number of nitrogens with zero attached hydrogens (tertiary/aromatic N) is 3. The van der Waals surface area contributed by atoms with Gasteiger partial charge >= 0.3 is 6.18 Å². The maximum absolute atomic E-state index is 13.5. The Kier molecular flexibility index (Phi) is 8.12. The molecule has 1 aromatic carbocycles. The summed E-state index contributed by atoms with van der Waals surface area (Å²) in [5.41, 5.74) is 6.95. The third-order valence-electron chi connectivity index (χ3n) is 4.08. The third-order valence-corrected chi connectivity index (χ3v) is 4.08. The van der Waals surface area contributed by atoms with Gasteiger partial charge in [0.25, 0.3) is 0 Å². The van der Waals surface area contributed by atoms with Gasteiger partial charge in [-0.1, -0.05) is 13.0 Å². The van der Waals surface area contributed by atoms with Crippen molar-refractivity contribution in [2.75, 3.05) is 0 Å². The van der Waals surface area contributed by atoms with Gasteiger partial charge in [-0.3, -0.25) is 0 Å². The van der Waals surface area contributed by atoms with E-state index < -0.39 is 11.7 Å². The zero-order valence-electron chi connectivity index (χ0n) is 15.8. The quantitative estimate of drug-likeness (QED) is 0.369. The van der Waals surface area contributed by atoms with Crippen LogP contribution in [0.5, 0.6) is 0 Å². The number of benzene rings is 1. The van der Waals surface area contributed by atoms with Gasteiger partial charge in [0.05, 0.1) is 23.5 Å². The van der Waals surface area contributed by atoms with Crippen LogP contribution < -0.4 is 11.1 Å². The number of hydrogen-bond donors (Lipinski definition) is 2. The summed E-state index contributed by atoms with van der Waals surface area (Å²) >= 11 is 0. The van der Waals surface area contributed by atoms with Crippen molar-refractivity contribution in [1.82, 2.24) is 15.1 Å². The minimum atomic E-state index is -4.49. The van der Waals surface area contributed by atoms with E-state index in [2.05, 4.69) is 15.4 Å². The van der Waals surface area contributed by atoms with Gasteiger partial charge in [0.2, 0.25) is 0 Å². The Balaban J connectivity index is 0.00000364. The Labute approximate surface area is 174 Å². The molecule has 1 heterocycles. The minimum absolute atomic E-state index is 0. The van der Waals surface area contributed by atoms with E-state index in [-0.39, 0.29) is 48.1 Å². The first kappa shape index (κ1) is 23.3. The third kappa shape index (κ3) is 6.12. The van der Waals surface area contributed by atoms with Crippen LogP contribution in [0, 0.1) is 13.8 Å². The fourth-order valence-electron chi connectivity index (χ4n) is 2.56. The molecular weight excluding hydrogens is 470 g/mol. The molecule has 5 nitrogen and oxygen atoms in total. The molecule has 0 fully saturated rings. The Morgan fingerprint density at radius 2 is 1.96 bits per heavy atom. The number of aliphatic imine (C=N–C) groups is 1. The average Bonchev–Trinajstić information content (AvgIpc) is 2.90. The summed E-state index contributed by atoms with van der Waals surface area (Å²) in [5.74, 6) is 0.134. The van der Waals surface area contributed by atoms with Crippen molar-refractivity contribution >= 4 is 29.9 Å². The van der Waals surface area contributed by atoms with Gasteiger partial charge in [0, 0.05) is 11.7 Å². The molecule has 0 aliphatic heterocycles. The molecule has 27 heavy (non-hydrogen) atoms. The fraction of sp³-hybridized carbons (Fsp3) is 0.444. The molecule has 0 aliphatic carbocycles. The van der Waals surface area contributed by atoms with E-state index >= 15 is 0 Å². The first-order chi connectivity index (χ1) is 12.1. The molecule has 0 saturated carbocycles. The lowest BCUT2D eigenvalue weighted by molar-refractivity contribution is -0.138. The zero-order chi connectivity index (χ0) is 19.5. The van der Waals surface area contributed by atoms with Gasteiger partial charge in [0.1, 0.15) is 0 Å². The number of aromatic nitrogens is 2. The van der Waals surface area contributed by atoms with Crippen molar-refractivity contribution in [3.05, 3.63) is 46.8 Å². The predicted molar refractivity (Wildman–Crippen MR) is 112 cm³/mol. The lowest BCUT2D eigenvalue weighted by Gasteiger charge is -2.15. The highest BCUT2D eigenvalue weighted by atomic mass is 127. The molecule has 0 amide bonds. The lowest BCUT2D eigenvalue weighted by Crippen LogP contribution is -2.38. The number of guanidine groups is 1. The van der Waals surface area contributed by atoms with E-state index in [0.29, 0.717) is 5.69 Å². The summed E-state index contributed by atoms with van der Waals surface area (Å²) in [6.07, 6.45) is -3.66. The van der Waals surface area contributed by atoms with Crippen LogP contribution in [-0.4, -0.2) is 21.8 Å². The highest BCUT2D eigenvalue weighted by Gasteiger charge is 2.33. The van der Waals surface area contributed by atoms with E-state index in [1.165, 1.54) is 10.7 Å². The summed E-state index contributed by atoms with van der Waals surface area (Å²) in [7, 11) is 0. The Morgan fingerprint density at radius 3 is 2.48 bits per heavy atom. The molecule has 0 bridgehead atoms. The molecule has 0 aliphatic rings. The zero-order valence-corrected chi connectivity index (χ0v) is 18.1. The van der Waals surface area contributed by atoms with Crippen molar-refractivity contribution in [1.29, 1.82) is 0 Å². The van der Waals surface area contributed by atoms with E-state index in [9.17, 15) is 13.2 Å². The Hall–Kier alpha value is -1.78. The van der Waals surface area contributed by atoms with Crippen molar-refractivity contribution in [3.8, 4) is 5.69 Å². The second-order valence-corrected chi connectivity index (χ2v) is 6.33. The Bertz CT molecular complexity index is 799. The van der Waals surface area contributed by atoms with Crippen LogP contribution in [0.3, 0.4) is 0 Å². The molecule has 1 unspecified atom stereocenters. The van der Waals surface area contributed by atoms with Gasteiger partial charge in [-0.25, -0.2) is 9.67 Å². The van der Waals surface area contributed by atoms with Crippen LogP contribution in [0.2, 0.25) is 0 Å². The van der Waals surface area contributed by atoms with Gasteiger partial charge in [-0.05, 0) is 51.0 Å². The minimum Gasteiger partial charge on any atom is -0.370 e. The maximum Gasteiger partial charge on any atom is 0.416 e. The summed E-state index contributed by atoms with van der Waals surface area (Å²) < 4.78 is 42.0. The fourth-order valence-corrected chi connectivity index (χ4v) is 2.56. The van der Waals surface area contributed by atoms with E-state index in [4.69, 9.17) is 5.73 Å². The van der Waals surface area contributed by atoms with E-state index in [1.807, 2.05) is 19.9 Å². The SMILES string of the molecule is CCC(C)NC(N)=NCc1ccc(-n2nc(C)cc2C)cc1C(F)(F)F.I. The smallest absolute Gasteiger partial charge is 0.370 e. The number of nitrogens with two attached hydrogens (primary N) is 1. The van der Waals surface area contributed by atoms with Crippen molar-refractivity contribution in [3.63, 3.8) is 0 Å². The molecular formula is C18H25F3IN5. The van der Waals surface area contributed by atoms with E-state index in [1.54, 1.807) is 19.9 Å². The number of aryl methyl sites for hydroxylation is 2. The number of nitrogens with one attached hydrogen (secondary N) is 1. The number of halogens is 4. The molecule has 150 valence electrons. The van der Waals surface area contributed by atoms with Crippen LogP contribution >= 0.6 is 24.0 Å². The van der Waals surface area contributed by atoms with Gasteiger partial charge < -0.3 is 11.1 Å². The summed E-state index contributed by atoms with van der Waals surface area (Å²) in [5, 5.41) is 7.18. The summed E-state index contributed by atoms with van der Waals surface area (Å²) in [6.45, 7) is 7.34. The lowest BCUT2D eigenvalue weighted by atomic mass is 10.1. The summed E-state index contributed by atoms with van der Waals surface area (Å²) in [6, 6.07) is 6.05. The van der Waals surface area contributed by atoms with Gasteiger partial charge in [-0.15, -0.1) is 24.0 Å². The molecule has 1 atom stereocenters. The molecule has 1 aromatic heterocycles. The maximum atomic E-state index is 13.5. The number of rotatable bonds is 5. The average molecular weight is 495 g/mol. The van der Waals surface area contributed by atoms with Crippen LogP contribution in [0.1, 0.15) is 42.8 Å². The second-order valence-electron chi connectivity index (χ2n) is 6.33. The molecule has 2 aromatic rings. The molecule has 3 N–H and O–H groups in total.